The van der Waals surface area contributed by atoms with Crippen LogP contribution in [-0.2, 0) is 5.88 Å². The Balaban J connectivity index is 2.05. The molecule has 0 unspecified atom stereocenters. The molecule has 0 N–H and O–H groups in total. The van der Waals surface area contributed by atoms with Crippen molar-refractivity contribution in [2.75, 3.05) is 11.9 Å². The Morgan fingerprint density at radius 3 is 2.67 bits per heavy atom. The van der Waals surface area contributed by atoms with E-state index in [0.29, 0.717) is 17.3 Å². The first kappa shape index (κ1) is 13.7. The summed E-state index contributed by atoms with van der Waals surface area (Å²) in [5.74, 6) is 1.61. The van der Waals surface area contributed by atoms with Crippen LogP contribution in [0.15, 0.2) is 18.3 Å². The molecule has 1 heterocycles. The van der Waals surface area contributed by atoms with Crippen molar-refractivity contribution < 1.29 is 0 Å². The van der Waals surface area contributed by atoms with Gasteiger partial charge in [0.05, 0.1) is 0 Å². The van der Waals surface area contributed by atoms with Gasteiger partial charge in [-0.25, -0.2) is 4.98 Å². The van der Waals surface area contributed by atoms with Gasteiger partial charge in [-0.3, -0.25) is 0 Å². The summed E-state index contributed by atoms with van der Waals surface area (Å²) in [5.41, 5.74) is 1.66. The maximum Gasteiger partial charge on any atom is 0.128 e. The Bertz CT molecular complexity index is 393. The van der Waals surface area contributed by atoms with Crippen LogP contribution in [0.5, 0.6) is 0 Å². The molecule has 2 nitrogen and oxygen atoms in total. The number of alkyl halides is 1. The molecule has 18 heavy (non-hydrogen) atoms. The van der Waals surface area contributed by atoms with Crippen molar-refractivity contribution in [2.45, 2.75) is 51.5 Å². The standard InChI is InChI=1S/C15H23ClN2/c1-15(2)7-4-13(5-8-15)18(3)14-10-12(11-16)6-9-17-14/h6,9-10,13H,4-5,7-8,11H2,1-3H3. The highest BCUT2D eigenvalue weighted by Gasteiger charge is 2.29. The lowest BCUT2D eigenvalue weighted by Crippen LogP contribution is -2.37. The van der Waals surface area contributed by atoms with Gasteiger partial charge >= 0.3 is 0 Å². The fourth-order valence-electron chi connectivity index (χ4n) is 2.69. The maximum atomic E-state index is 5.88. The number of rotatable bonds is 3. The minimum absolute atomic E-state index is 0.517. The van der Waals surface area contributed by atoms with E-state index in [0.717, 1.165) is 11.4 Å². The van der Waals surface area contributed by atoms with E-state index in [1.807, 2.05) is 12.3 Å². The molecule has 3 heteroatoms. The van der Waals surface area contributed by atoms with Gasteiger partial charge in [0.2, 0.25) is 0 Å². The van der Waals surface area contributed by atoms with Crippen LogP contribution in [0.1, 0.15) is 45.1 Å². The molecule has 0 aliphatic heterocycles. The molecule has 1 aliphatic rings. The van der Waals surface area contributed by atoms with Gasteiger partial charge in [0.1, 0.15) is 5.82 Å². The number of hydrogen-bond donors (Lipinski definition) is 0. The van der Waals surface area contributed by atoms with Gasteiger partial charge in [0.25, 0.3) is 0 Å². The minimum atomic E-state index is 0.517. The summed E-state index contributed by atoms with van der Waals surface area (Å²) in [6, 6.07) is 4.71. The molecule has 0 aromatic carbocycles. The van der Waals surface area contributed by atoms with E-state index in [1.165, 1.54) is 25.7 Å². The van der Waals surface area contributed by atoms with Crippen LogP contribution in [0.2, 0.25) is 0 Å². The first-order valence-corrected chi connectivity index (χ1v) is 7.29. The average molecular weight is 267 g/mol. The number of pyridine rings is 1. The number of aromatic nitrogens is 1. The van der Waals surface area contributed by atoms with Crippen LogP contribution in [-0.4, -0.2) is 18.1 Å². The molecule has 0 radical (unpaired) electrons. The van der Waals surface area contributed by atoms with Crippen LogP contribution < -0.4 is 4.90 Å². The Hall–Kier alpha value is -0.760. The molecule has 0 atom stereocenters. The molecule has 2 rings (SSSR count). The quantitative estimate of drug-likeness (QED) is 0.762. The molecule has 0 spiro atoms. The molecule has 100 valence electrons. The average Bonchev–Trinajstić information content (AvgIpc) is 2.38. The van der Waals surface area contributed by atoms with Gasteiger partial charge in [0.15, 0.2) is 0 Å². The van der Waals surface area contributed by atoms with Crippen molar-refractivity contribution in [3.63, 3.8) is 0 Å². The number of nitrogens with zero attached hydrogens (tertiary/aromatic N) is 2. The van der Waals surface area contributed by atoms with Crippen molar-refractivity contribution in [3.8, 4) is 0 Å². The lowest BCUT2D eigenvalue weighted by Gasteiger charge is -2.39. The van der Waals surface area contributed by atoms with E-state index in [9.17, 15) is 0 Å². The van der Waals surface area contributed by atoms with Gasteiger partial charge in [-0.2, -0.15) is 0 Å². The van der Waals surface area contributed by atoms with E-state index in [4.69, 9.17) is 11.6 Å². The van der Waals surface area contributed by atoms with Crippen molar-refractivity contribution in [1.82, 2.24) is 4.98 Å². The van der Waals surface area contributed by atoms with Crippen LogP contribution in [0.4, 0.5) is 5.82 Å². The van der Waals surface area contributed by atoms with Gasteiger partial charge < -0.3 is 4.90 Å². The summed E-state index contributed by atoms with van der Waals surface area (Å²) in [6.45, 7) is 4.74. The summed E-state index contributed by atoms with van der Waals surface area (Å²) in [7, 11) is 2.16. The fourth-order valence-corrected chi connectivity index (χ4v) is 2.86. The third-order valence-electron chi connectivity index (χ3n) is 4.18. The summed E-state index contributed by atoms with van der Waals surface area (Å²) in [4.78, 5) is 6.79. The topological polar surface area (TPSA) is 16.1 Å². The van der Waals surface area contributed by atoms with E-state index < -0.39 is 0 Å². The Morgan fingerprint density at radius 2 is 2.06 bits per heavy atom. The normalized spacial score (nSPS) is 19.8. The second-order valence-corrected chi connectivity index (χ2v) is 6.43. The van der Waals surface area contributed by atoms with Crippen molar-refractivity contribution in [2.24, 2.45) is 5.41 Å². The molecule has 0 amide bonds. The monoisotopic (exact) mass is 266 g/mol. The molecule has 1 aromatic heterocycles. The van der Waals surface area contributed by atoms with E-state index >= 15 is 0 Å². The van der Waals surface area contributed by atoms with E-state index in [2.05, 4.69) is 36.8 Å². The fraction of sp³-hybridized carbons (Fsp3) is 0.667. The minimum Gasteiger partial charge on any atom is -0.357 e. The molecule has 1 saturated carbocycles. The van der Waals surface area contributed by atoms with Crippen LogP contribution in [0.25, 0.3) is 0 Å². The van der Waals surface area contributed by atoms with Gasteiger partial charge in [-0.15, -0.1) is 11.6 Å². The highest BCUT2D eigenvalue weighted by Crippen LogP contribution is 2.37. The highest BCUT2D eigenvalue weighted by molar-refractivity contribution is 6.17. The molecule has 1 aromatic rings. The van der Waals surface area contributed by atoms with E-state index in [-0.39, 0.29) is 0 Å². The lowest BCUT2D eigenvalue weighted by atomic mass is 9.75. The molecule has 1 fully saturated rings. The lowest BCUT2D eigenvalue weighted by molar-refractivity contribution is 0.222. The number of anilines is 1. The predicted octanol–water partition coefficient (Wildman–Crippen LogP) is 4.23. The zero-order chi connectivity index (χ0) is 13.2. The van der Waals surface area contributed by atoms with Crippen molar-refractivity contribution in [1.29, 1.82) is 0 Å². The SMILES string of the molecule is CN(c1cc(CCl)ccn1)C1CCC(C)(C)CC1. The summed E-state index contributed by atoms with van der Waals surface area (Å²) >= 11 is 5.88. The molecule has 0 saturated heterocycles. The van der Waals surface area contributed by atoms with Gasteiger partial charge in [-0.05, 0) is 48.8 Å². The van der Waals surface area contributed by atoms with E-state index in [1.54, 1.807) is 0 Å². The summed E-state index contributed by atoms with van der Waals surface area (Å²) in [6.07, 6.45) is 6.98. The van der Waals surface area contributed by atoms with Crippen molar-refractivity contribution >= 4 is 17.4 Å². The second-order valence-electron chi connectivity index (χ2n) is 6.16. The highest BCUT2D eigenvalue weighted by atomic mass is 35.5. The number of halogens is 1. The predicted molar refractivity (Wildman–Crippen MR) is 78.2 cm³/mol. The Morgan fingerprint density at radius 1 is 1.39 bits per heavy atom. The second kappa shape index (κ2) is 5.48. The van der Waals surface area contributed by atoms with Gasteiger partial charge in [0, 0.05) is 25.2 Å². The zero-order valence-electron chi connectivity index (χ0n) is 11.6. The Kier molecular flexibility index (Phi) is 4.16. The first-order chi connectivity index (χ1) is 8.52. The van der Waals surface area contributed by atoms with Crippen LogP contribution in [0.3, 0.4) is 0 Å². The van der Waals surface area contributed by atoms with Crippen LogP contribution in [0, 0.1) is 5.41 Å². The molecule has 1 aliphatic carbocycles. The molecular formula is C15H23ClN2. The zero-order valence-corrected chi connectivity index (χ0v) is 12.4. The first-order valence-electron chi connectivity index (χ1n) is 6.75. The third-order valence-corrected chi connectivity index (χ3v) is 4.49. The molecule has 0 bridgehead atoms. The summed E-state index contributed by atoms with van der Waals surface area (Å²) in [5, 5.41) is 0. The van der Waals surface area contributed by atoms with Crippen LogP contribution >= 0.6 is 11.6 Å². The Labute approximate surface area is 115 Å². The molecular weight excluding hydrogens is 244 g/mol. The number of hydrogen-bond acceptors (Lipinski definition) is 2. The summed E-state index contributed by atoms with van der Waals surface area (Å²) < 4.78 is 0. The van der Waals surface area contributed by atoms with Crippen molar-refractivity contribution in [3.05, 3.63) is 23.9 Å². The maximum absolute atomic E-state index is 5.88. The smallest absolute Gasteiger partial charge is 0.128 e. The van der Waals surface area contributed by atoms with Gasteiger partial charge in [-0.1, -0.05) is 13.8 Å². The third kappa shape index (κ3) is 3.17. The largest absolute Gasteiger partial charge is 0.357 e.